The van der Waals surface area contributed by atoms with Gasteiger partial charge in [-0.2, -0.15) is 4.99 Å². The second-order valence-corrected chi connectivity index (χ2v) is 1.43. The van der Waals surface area contributed by atoms with Crippen LogP contribution in [0.3, 0.4) is 0 Å². The van der Waals surface area contributed by atoms with E-state index in [1.54, 1.807) is 0 Å². The molecule has 0 spiro atoms. The molecule has 1 rings (SSSR count). The Bertz CT molecular complexity index is 487. The first-order valence-electron chi connectivity index (χ1n) is 5.90. The molecule has 0 aliphatic heterocycles. The highest BCUT2D eigenvalue weighted by atomic mass is 16.1. The van der Waals surface area contributed by atoms with Gasteiger partial charge in [-0.25, -0.2) is 4.79 Å². The van der Waals surface area contributed by atoms with Crippen molar-refractivity contribution in [1.82, 2.24) is 0 Å². The number of hydrogen-bond donors (Lipinski definition) is 0. The largest absolute Gasteiger partial charge is 0.240 e. The molecule has 0 bridgehead atoms. The first-order chi connectivity index (χ1) is 7.71. The Labute approximate surface area is 69.1 Å². The number of benzene rings is 1. The van der Waals surface area contributed by atoms with Crippen LogP contribution in [0.1, 0.15) is 15.2 Å². The van der Waals surface area contributed by atoms with Crippen LogP contribution < -0.4 is 0 Å². The normalized spacial score (nSPS) is 19.8. The van der Waals surface area contributed by atoms with Crippen molar-refractivity contribution < 1.29 is 14.4 Å². The minimum atomic E-state index is -2.76. The fourth-order valence-electron chi connectivity index (χ4n) is 0.407. The Hall–Kier alpha value is -1.40. The summed E-state index contributed by atoms with van der Waals surface area (Å²) in [5.41, 5.74) is -1.19. The van der Waals surface area contributed by atoms with Gasteiger partial charge >= 0.3 is 0 Å². The standard InChI is InChI=1S/C8H7NO/c1-7-2-4-8(5-3-7)9-6-10/h2-5H,1H3/i1D3,2D,3D,4D,5D. The Kier molecular flexibility index (Phi) is 0.601. The van der Waals surface area contributed by atoms with E-state index in [1.807, 2.05) is 0 Å². The van der Waals surface area contributed by atoms with E-state index in [9.17, 15) is 4.79 Å². The first kappa shape index (κ1) is 2.04. The monoisotopic (exact) mass is 140 g/mol. The molecular weight excluding hydrogens is 126 g/mol. The van der Waals surface area contributed by atoms with Crippen molar-refractivity contribution in [2.75, 3.05) is 0 Å². The predicted molar refractivity (Wildman–Crippen MR) is 39.0 cm³/mol. The van der Waals surface area contributed by atoms with E-state index in [2.05, 4.69) is 4.99 Å². The molecule has 0 N–H and O–H groups in total. The summed E-state index contributed by atoms with van der Waals surface area (Å²) in [5.74, 6) is 0. The van der Waals surface area contributed by atoms with E-state index in [4.69, 9.17) is 9.60 Å². The maximum Gasteiger partial charge on any atom is 0.240 e. The number of carbonyl (C=O) groups excluding carboxylic acids is 1. The van der Waals surface area contributed by atoms with E-state index < -0.39 is 42.3 Å². The van der Waals surface area contributed by atoms with E-state index in [0.29, 0.717) is 0 Å². The third-order valence-electron chi connectivity index (χ3n) is 0.769. The predicted octanol–water partition coefficient (Wildman–Crippen LogP) is 1.96. The zero-order chi connectivity index (χ0) is 13.4. The van der Waals surface area contributed by atoms with E-state index in [1.165, 1.54) is 0 Å². The summed E-state index contributed by atoms with van der Waals surface area (Å²) < 4.78 is 51.2. The smallest absolute Gasteiger partial charge is 0.211 e. The molecule has 0 aliphatic carbocycles. The third kappa shape index (κ3) is 1.54. The molecule has 0 radical (unpaired) electrons. The van der Waals surface area contributed by atoms with E-state index in [0.717, 1.165) is 6.08 Å². The summed E-state index contributed by atoms with van der Waals surface area (Å²) in [6.45, 7) is -2.76. The maximum atomic E-state index is 10.1. The molecule has 0 unspecified atom stereocenters. The molecule has 0 aliphatic rings. The fraction of sp³-hybridized carbons (Fsp3) is 0.125. The van der Waals surface area contributed by atoms with Crippen LogP contribution in [-0.4, -0.2) is 6.08 Å². The molecule has 0 atom stereocenters. The van der Waals surface area contributed by atoms with Crippen molar-refractivity contribution in [3.8, 4) is 0 Å². The Morgan fingerprint density at radius 2 is 2.30 bits per heavy atom. The summed E-state index contributed by atoms with van der Waals surface area (Å²) in [5, 5.41) is 0. The number of rotatable bonds is 1. The minimum absolute atomic E-state index is 0.511. The SMILES string of the molecule is [2H]c1c([2H])c(C([2H])([2H])[2H])c([2H])c([2H])c1N=C=O. The molecule has 1 aromatic rings. The van der Waals surface area contributed by atoms with E-state index in [-0.39, 0.29) is 0 Å². The second kappa shape index (κ2) is 2.95. The van der Waals surface area contributed by atoms with Gasteiger partial charge in [-0.3, -0.25) is 0 Å². The van der Waals surface area contributed by atoms with Crippen molar-refractivity contribution in [1.29, 1.82) is 0 Å². The molecule has 0 saturated heterocycles. The fourth-order valence-corrected chi connectivity index (χ4v) is 0.407. The topological polar surface area (TPSA) is 29.4 Å². The zero-order valence-electron chi connectivity index (χ0n) is 11.9. The molecule has 0 amide bonds. The number of hydrogen-bond acceptors (Lipinski definition) is 2. The van der Waals surface area contributed by atoms with Crippen molar-refractivity contribution in [3.05, 3.63) is 29.7 Å². The molecule has 1 aromatic carbocycles. The first-order valence-corrected chi connectivity index (χ1v) is 2.40. The Morgan fingerprint density at radius 3 is 2.80 bits per heavy atom. The van der Waals surface area contributed by atoms with Gasteiger partial charge in [0.05, 0.1) is 11.2 Å². The highest BCUT2D eigenvalue weighted by Gasteiger charge is 1.85. The molecular formula is C8H7NO. The lowest BCUT2D eigenvalue weighted by atomic mass is 10.2. The van der Waals surface area contributed by atoms with Gasteiger partial charge in [0.2, 0.25) is 6.08 Å². The molecule has 2 heteroatoms. The van der Waals surface area contributed by atoms with Gasteiger partial charge in [-0.1, -0.05) is 17.6 Å². The lowest BCUT2D eigenvalue weighted by molar-refractivity contribution is 0.565. The van der Waals surface area contributed by atoms with Crippen molar-refractivity contribution >= 4 is 11.8 Å². The van der Waals surface area contributed by atoms with Crippen LogP contribution in [0.4, 0.5) is 5.69 Å². The van der Waals surface area contributed by atoms with Gasteiger partial charge in [0.15, 0.2) is 0 Å². The van der Waals surface area contributed by atoms with Crippen molar-refractivity contribution in [2.24, 2.45) is 4.99 Å². The zero-order valence-corrected chi connectivity index (χ0v) is 4.86. The highest BCUT2D eigenvalue weighted by Crippen LogP contribution is 2.10. The van der Waals surface area contributed by atoms with Crippen LogP contribution in [0.25, 0.3) is 0 Å². The van der Waals surface area contributed by atoms with Gasteiger partial charge in [-0.15, -0.1) is 0 Å². The van der Waals surface area contributed by atoms with Crippen molar-refractivity contribution in [3.63, 3.8) is 0 Å². The van der Waals surface area contributed by atoms with Gasteiger partial charge < -0.3 is 0 Å². The summed E-state index contributed by atoms with van der Waals surface area (Å²) in [4.78, 5) is 13.1. The van der Waals surface area contributed by atoms with Crippen LogP contribution in [0, 0.1) is 6.85 Å². The Morgan fingerprint density at radius 1 is 1.60 bits per heavy atom. The quantitative estimate of drug-likeness (QED) is 0.433. The Balaban J connectivity index is 3.77. The molecule has 2 nitrogen and oxygen atoms in total. The third-order valence-corrected chi connectivity index (χ3v) is 0.769. The average molecular weight is 140 g/mol. The summed E-state index contributed by atoms with van der Waals surface area (Å²) >= 11 is 0. The molecule has 0 fully saturated rings. The number of nitrogens with zero attached hydrogens (tertiary/aromatic N) is 1. The van der Waals surface area contributed by atoms with Crippen LogP contribution in [0.2, 0.25) is 0 Å². The second-order valence-electron chi connectivity index (χ2n) is 1.43. The van der Waals surface area contributed by atoms with Crippen molar-refractivity contribution in [2.45, 2.75) is 6.85 Å². The van der Waals surface area contributed by atoms with Crippen LogP contribution in [0.5, 0.6) is 0 Å². The molecule has 0 aromatic heterocycles. The van der Waals surface area contributed by atoms with Crippen LogP contribution in [-0.2, 0) is 4.79 Å². The molecule has 0 heterocycles. The highest BCUT2D eigenvalue weighted by molar-refractivity contribution is 5.48. The molecule has 10 heavy (non-hydrogen) atoms. The van der Waals surface area contributed by atoms with Crippen LogP contribution >= 0.6 is 0 Å². The van der Waals surface area contributed by atoms with Gasteiger partial charge in [0, 0.05) is 4.11 Å². The summed E-state index contributed by atoms with van der Waals surface area (Å²) in [6, 6.07) is -2.78. The van der Waals surface area contributed by atoms with Gasteiger partial charge in [-0.05, 0) is 18.9 Å². The summed E-state index contributed by atoms with van der Waals surface area (Å²) in [7, 11) is 0. The minimum Gasteiger partial charge on any atom is -0.211 e. The van der Waals surface area contributed by atoms with Gasteiger partial charge in [0.1, 0.15) is 0 Å². The molecule has 50 valence electrons. The maximum absolute atomic E-state index is 10.1. The molecule has 0 saturated carbocycles. The van der Waals surface area contributed by atoms with Crippen LogP contribution in [0.15, 0.2) is 29.2 Å². The number of aliphatic imine (C=N–C) groups is 1. The van der Waals surface area contributed by atoms with E-state index >= 15 is 0 Å². The van der Waals surface area contributed by atoms with Gasteiger partial charge in [0.25, 0.3) is 0 Å². The lowest BCUT2D eigenvalue weighted by Gasteiger charge is -1.89. The average Bonchev–Trinajstić information content (AvgIpc) is 2.20. The lowest BCUT2D eigenvalue weighted by Crippen LogP contribution is -1.67. The number of isocyanates is 1. The summed E-state index contributed by atoms with van der Waals surface area (Å²) in [6.07, 6.45) is 1.11.